The van der Waals surface area contributed by atoms with E-state index in [0.717, 1.165) is 36.2 Å². The number of rotatable bonds is 9. The molecule has 1 fully saturated rings. The highest BCUT2D eigenvalue weighted by atomic mass is 32.2. The first kappa shape index (κ1) is 23.2. The number of carbonyl (C=O) groups excluding carboxylic acids is 1. The predicted molar refractivity (Wildman–Crippen MR) is 121 cm³/mol. The van der Waals surface area contributed by atoms with Crippen LogP contribution in [0.25, 0.3) is 0 Å². The lowest BCUT2D eigenvalue weighted by Gasteiger charge is -2.30. The zero-order chi connectivity index (χ0) is 22.8. The molecule has 1 atom stereocenters. The number of nitrogens with zero attached hydrogens (tertiary/aromatic N) is 2. The zero-order valence-electron chi connectivity index (χ0n) is 18.4. The highest BCUT2D eigenvalue weighted by molar-refractivity contribution is 7.89. The van der Waals surface area contributed by atoms with E-state index < -0.39 is 15.8 Å². The van der Waals surface area contributed by atoms with Crippen LogP contribution in [0.4, 0.5) is 15.8 Å². The monoisotopic (exact) mass is 447 g/mol. The number of sulfonamides is 1. The SMILES string of the molecule is CC[C@@H](C)N(Cc1cc(NC(=O)C2CC2)ccc1N(C)C)S(=O)(=O)c1ccc(F)cc1. The van der Waals surface area contributed by atoms with Crippen molar-refractivity contribution in [2.24, 2.45) is 5.92 Å². The van der Waals surface area contributed by atoms with Crippen LogP contribution in [0.5, 0.6) is 0 Å². The first-order valence-corrected chi connectivity index (χ1v) is 12.0. The second-order valence-electron chi connectivity index (χ2n) is 8.26. The Morgan fingerprint density at radius 2 is 1.81 bits per heavy atom. The third-order valence-corrected chi connectivity index (χ3v) is 7.58. The second kappa shape index (κ2) is 9.36. The van der Waals surface area contributed by atoms with Gasteiger partial charge in [-0.05, 0) is 74.2 Å². The maximum absolute atomic E-state index is 13.4. The van der Waals surface area contributed by atoms with Gasteiger partial charge < -0.3 is 10.2 Å². The molecule has 1 saturated carbocycles. The predicted octanol–water partition coefficient (Wildman–Crippen LogP) is 4.23. The van der Waals surface area contributed by atoms with E-state index in [0.29, 0.717) is 12.1 Å². The molecule has 3 rings (SSSR count). The van der Waals surface area contributed by atoms with Crippen molar-refractivity contribution < 1.29 is 17.6 Å². The Balaban J connectivity index is 1.97. The van der Waals surface area contributed by atoms with Gasteiger partial charge in [0.15, 0.2) is 0 Å². The van der Waals surface area contributed by atoms with Gasteiger partial charge in [0, 0.05) is 44.0 Å². The molecule has 1 aliphatic rings. The van der Waals surface area contributed by atoms with Crippen molar-refractivity contribution in [1.29, 1.82) is 0 Å². The number of anilines is 2. The lowest BCUT2D eigenvalue weighted by Crippen LogP contribution is -2.38. The molecule has 0 spiro atoms. The average molecular weight is 448 g/mol. The van der Waals surface area contributed by atoms with Crippen molar-refractivity contribution in [2.75, 3.05) is 24.3 Å². The standard InChI is InChI=1S/C23H30FN3O3S/c1-5-16(2)27(31(29,30)21-11-8-19(24)9-12-21)15-18-14-20(10-13-22(18)26(3)4)25-23(28)17-6-7-17/h8-14,16-17H,5-7,15H2,1-4H3,(H,25,28)/t16-/m1/s1. The molecule has 0 aromatic heterocycles. The third-order valence-electron chi connectivity index (χ3n) is 5.61. The van der Waals surface area contributed by atoms with Gasteiger partial charge in [-0.15, -0.1) is 0 Å². The normalized spacial score (nSPS) is 15.0. The van der Waals surface area contributed by atoms with Crippen molar-refractivity contribution >= 4 is 27.3 Å². The van der Waals surface area contributed by atoms with Crippen LogP contribution in [-0.2, 0) is 21.4 Å². The molecule has 0 aliphatic heterocycles. The Morgan fingerprint density at radius 1 is 1.16 bits per heavy atom. The molecular formula is C23H30FN3O3S. The average Bonchev–Trinajstić information content (AvgIpc) is 3.57. The van der Waals surface area contributed by atoms with E-state index in [-0.39, 0.29) is 29.3 Å². The molecule has 168 valence electrons. The van der Waals surface area contributed by atoms with Crippen molar-refractivity contribution in [2.45, 2.75) is 50.6 Å². The van der Waals surface area contributed by atoms with Gasteiger partial charge in [-0.3, -0.25) is 4.79 Å². The highest BCUT2D eigenvalue weighted by Gasteiger charge is 2.31. The van der Waals surface area contributed by atoms with Gasteiger partial charge >= 0.3 is 0 Å². The molecule has 0 heterocycles. The summed E-state index contributed by atoms with van der Waals surface area (Å²) in [6, 6.07) is 10.2. The number of benzene rings is 2. The molecule has 0 radical (unpaired) electrons. The van der Waals surface area contributed by atoms with Gasteiger partial charge in [0.05, 0.1) is 4.90 Å². The summed E-state index contributed by atoms with van der Waals surface area (Å²) in [6.07, 6.45) is 2.44. The molecule has 0 bridgehead atoms. The van der Waals surface area contributed by atoms with Crippen molar-refractivity contribution in [1.82, 2.24) is 4.31 Å². The Hall–Kier alpha value is -2.45. The fourth-order valence-electron chi connectivity index (χ4n) is 3.41. The summed E-state index contributed by atoms with van der Waals surface area (Å²) in [4.78, 5) is 14.2. The Morgan fingerprint density at radius 3 is 2.35 bits per heavy atom. The van der Waals surface area contributed by atoms with Crippen LogP contribution in [0, 0.1) is 11.7 Å². The first-order valence-electron chi connectivity index (χ1n) is 10.5. The van der Waals surface area contributed by atoms with Gasteiger partial charge in [-0.1, -0.05) is 6.92 Å². The highest BCUT2D eigenvalue weighted by Crippen LogP contribution is 2.32. The van der Waals surface area contributed by atoms with E-state index in [9.17, 15) is 17.6 Å². The molecule has 31 heavy (non-hydrogen) atoms. The molecular weight excluding hydrogens is 417 g/mol. The molecule has 1 amide bonds. The number of nitrogens with one attached hydrogen (secondary N) is 1. The van der Waals surface area contributed by atoms with Gasteiger partial charge in [0.2, 0.25) is 15.9 Å². The minimum absolute atomic E-state index is 0.00118. The lowest BCUT2D eigenvalue weighted by molar-refractivity contribution is -0.117. The van der Waals surface area contributed by atoms with Crippen LogP contribution < -0.4 is 10.2 Å². The van der Waals surface area contributed by atoms with E-state index in [1.54, 1.807) is 0 Å². The van der Waals surface area contributed by atoms with E-state index in [2.05, 4.69) is 5.32 Å². The molecule has 1 aliphatic carbocycles. The summed E-state index contributed by atoms with van der Waals surface area (Å²) in [7, 11) is -0.0639. The van der Waals surface area contributed by atoms with Crippen LogP contribution >= 0.6 is 0 Å². The van der Waals surface area contributed by atoms with Crippen LogP contribution in [0.2, 0.25) is 0 Å². The maximum atomic E-state index is 13.4. The molecule has 2 aromatic rings. The lowest BCUT2D eigenvalue weighted by atomic mass is 10.1. The van der Waals surface area contributed by atoms with Crippen LogP contribution in [-0.4, -0.2) is 38.8 Å². The summed E-state index contributed by atoms with van der Waals surface area (Å²) in [5.41, 5.74) is 2.30. The van der Waals surface area contributed by atoms with E-state index in [1.165, 1.54) is 16.4 Å². The first-order chi connectivity index (χ1) is 14.6. The Labute approximate surface area is 184 Å². The third kappa shape index (κ3) is 5.43. The second-order valence-corrected chi connectivity index (χ2v) is 10.2. The number of hydrogen-bond acceptors (Lipinski definition) is 4. The summed E-state index contributed by atoms with van der Waals surface area (Å²) in [5.74, 6) is -0.406. The molecule has 6 nitrogen and oxygen atoms in total. The number of hydrogen-bond donors (Lipinski definition) is 1. The van der Waals surface area contributed by atoms with Crippen LogP contribution in [0.3, 0.4) is 0 Å². The minimum atomic E-state index is -3.85. The van der Waals surface area contributed by atoms with Gasteiger partial charge in [-0.25, -0.2) is 12.8 Å². The van der Waals surface area contributed by atoms with Crippen molar-refractivity contribution in [3.8, 4) is 0 Å². The summed E-state index contributed by atoms with van der Waals surface area (Å²) < 4.78 is 41.6. The molecule has 8 heteroatoms. The number of amides is 1. The minimum Gasteiger partial charge on any atom is -0.377 e. The summed E-state index contributed by atoms with van der Waals surface area (Å²) in [5, 5.41) is 2.94. The fourth-order valence-corrected chi connectivity index (χ4v) is 5.09. The number of carbonyl (C=O) groups is 1. The largest absolute Gasteiger partial charge is 0.377 e. The van der Waals surface area contributed by atoms with Gasteiger partial charge in [0.1, 0.15) is 5.82 Å². The van der Waals surface area contributed by atoms with E-state index in [4.69, 9.17) is 0 Å². The topological polar surface area (TPSA) is 69.7 Å². The summed E-state index contributed by atoms with van der Waals surface area (Å²) in [6.45, 7) is 3.92. The smallest absolute Gasteiger partial charge is 0.243 e. The Kier molecular flexibility index (Phi) is 7.01. The van der Waals surface area contributed by atoms with Gasteiger partial charge in [0.25, 0.3) is 0 Å². The van der Waals surface area contributed by atoms with Gasteiger partial charge in [-0.2, -0.15) is 4.31 Å². The Bertz CT molecular complexity index is 1030. The van der Waals surface area contributed by atoms with Crippen molar-refractivity contribution in [3.05, 3.63) is 53.8 Å². The zero-order valence-corrected chi connectivity index (χ0v) is 19.2. The maximum Gasteiger partial charge on any atom is 0.243 e. The van der Waals surface area contributed by atoms with Crippen LogP contribution in [0.15, 0.2) is 47.4 Å². The molecule has 1 N–H and O–H groups in total. The fraction of sp³-hybridized carbons (Fsp3) is 0.435. The summed E-state index contributed by atoms with van der Waals surface area (Å²) >= 11 is 0. The molecule has 0 unspecified atom stereocenters. The van der Waals surface area contributed by atoms with Crippen LogP contribution in [0.1, 0.15) is 38.7 Å². The molecule has 0 saturated heterocycles. The number of halogens is 1. The molecule has 2 aromatic carbocycles. The quantitative estimate of drug-likeness (QED) is 0.625. The van der Waals surface area contributed by atoms with E-state index in [1.807, 2.05) is 51.0 Å². The van der Waals surface area contributed by atoms with Crippen molar-refractivity contribution in [3.63, 3.8) is 0 Å². The van der Waals surface area contributed by atoms with E-state index >= 15 is 0 Å².